The second-order valence-electron chi connectivity index (χ2n) is 6.08. The zero-order valence-electron chi connectivity index (χ0n) is 12.0. The number of ether oxygens (including phenoxy) is 1. The van der Waals surface area contributed by atoms with Gasteiger partial charge in [0.15, 0.2) is 0 Å². The summed E-state index contributed by atoms with van der Waals surface area (Å²) in [6.45, 7) is 6.87. The summed E-state index contributed by atoms with van der Waals surface area (Å²) in [5, 5.41) is 2.88. The van der Waals surface area contributed by atoms with Crippen molar-refractivity contribution in [2.24, 2.45) is 11.3 Å². The molecule has 0 aromatic carbocycles. The number of rotatable bonds is 5. The highest BCUT2D eigenvalue weighted by Gasteiger charge is 2.41. The van der Waals surface area contributed by atoms with Crippen molar-refractivity contribution in [2.45, 2.75) is 26.4 Å². The van der Waals surface area contributed by atoms with Gasteiger partial charge in [0.1, 0.15) is 0 Å². The molecule has 0 aromatic heterocycles. The van der Waals surface area contributed by atoms with Gasteiger partial charge < -0.3 is 15.0 Å². The summed E-state index contributed by atoms with van der Waals surface area (Å²) in [6.07, 6.45) is -3.27. The number of halogens is 3. The quantitative estimate of drug-likeness (QED) is 0.836. The number of nitrogens with one attached hydrogen (secondary N) is 1. The van der Waals surface area contributed by atoms with Crippen molar-refractivity contribution in [1.29, 1.82) is 0 Å². The van der Waals surface area contributed by atoms with Crippen LogP contribution in [0.1, 0.15) is 20.3 Å². The van der Waals surface area contributed by atoms with Gasteiger partial charge in [-0.25, -0.2) is 0 Å². The summed E-state index contributed by atoms with van der Waals surface area (Å²) in [4.78, 5) is 1.92. The zero-order chi connectivity index (χ0) is 14.5. The lowest BCUT2D eigenvalue weighted by Gasteiger charge is -2.33. The molecular weight excluding hydrogens is 257 g/mol. The molecule has 114 valence electrons. The summed E-state index contributed by atoms with van der Waals surface area (Å²) >= 11 is 0. The van der Waals surface area contributed by atoms with Crippen LogP contribution in [0, 0.1) is 11.3 Å². The van der Waals surface area contributed by atoms with Gasteiger partial charge in [0, 0.05) is 46.4 Å². The number of hydrogen-bond acceptors (Lipinski definition) is 3. The van der Waals surface area contributed by atoms with Gasteiger partial charge in [-0.3, -0.25) is 0 Å². The molecule has 1 rings (SSSR count). The van der Waals surface area contributed by atoms with Crippen LogP contribution in [0.3, 0.4) is 0 Å². The van der Waals surface area contributed by atoms with Gasteiger partial charge in [-0.05, 0) is 11.8 Å². The van der Waals surface area contributed by atoms with Gasteiger partial charge in [-0.1, -0.05) is 13.8 Å². The molecule has 0 spiro atoms. The molecule has 0 saturated carbocycles. The third-order valence-corrected chi connectivity index (χ3v) is 3.57. The summed E-state index contributed by atoms with van der Waals surface area (Å²) < 4.78 is 43.6. The van der Waals surface area contributed by atoms with Gasteiger partial charge in [0.2, 0.25) is 0 Å². The van der Waals surface area contributed by atoms with Crippen LogP contribution in [0.25, 0.3) is 0 Å². The highest BCUT2D eigenvalue weighted by atomic mass is 19.4. The maximum absolute atomic E-state index is 12.8. The van der Waals surface area contributed by atoms with Crippen LogP contribution in [-0.4, -0.2) is 57.5 Å². The van der Waals surface area contributed by atoms with Crippen LogP contribution in [0.15, 0.2) is 0 Å². The molecule has 1 atom stereocenters. The molecule has 1 heterocycles. The Labute approximate surface area is 113 Å². The van der Waals surface area contributed by atoms with Crippen molar-refractivity contribution >= 4 is 0 Å². The zero-order valence-corrected chi connectivity index (χ0v) is 12.0. The SMILES string of the molecule is COCCC(C)(C)CN1CCNCC(C(F)(F)F)C1. The molecule has 19 heavy (non-hydrogen) atoms. The van der Waals surface area contributed by atoms with Crippen molar-refractivity contribution in [1.82, 2.24) is 10.2 Å². The first kappa shape index (κ1) is 16.7. The van der Waals surface area contributed by atoms with E-state index in [0.29, 0.717) is 26.2 Å². The number of methoxy groups -OCH3 is 1. The molecular formula is C13H25F3N2O. The Balaban J connectivity index is 2.56. The van der Waals surface area contributed by atoms with Crippen LogP contribution in [-0.2, 0) is 4.74 Å². The molecule has 0 aromatic rings. The maximum atomic E-state index is 12.8. The standard InChI is InChI=1S/C13H25F3N2O/c1-12(2,4-7-19-3)10-18-6-5-17-8-11(9-18)13(14,15)16/h11,17H,4-10H2,1-3H3. The first-order valence-corrected chi connectivity index (χ1v) is 6.73. The van der Waals surface area contributed by atoms with E-state index in [2.05, 4.69) is 19.2 Å². The summed E-state index contributed by atoms with van der Waals surface area (Å²) in [7, 11) is 1.64. The van der Waals surface area contributed by atoms with E-state index in [4.69, 9.17) is 4.74 Å². The molecule has 1 aliphatic heterocycles. The van der Waals surface area contributed by atoms with Gasteiger partial charge in [0.25, 0.3) is 0 Å². The van der Waals surface area contributed by atoms with Crippen LogP contribution in [0.5, 0.6) is 0 Å². The van der Waals surface area contributed by atoms with Gasteiger partial charge in [-0.2, -0.15) is 13.2 Å². The lowest BCUT2D eigenvalue weighted by atomic mass is 9.88. The Morgan fingerprint density at radius 2 is 2.00 bits per heavy atom. The average Bonchev–Trinajstić information content (AvgIpc) is 2.51. The average molecular weight is 282 g/mol. The molecule has 6 heteroatoms. The molecule has 0 bridgehead atoms. The van der Waals surface area contributed by atoms with E-state index < -0.39 is 12.1 Å². The Hall–Kier alpha value is -0.330. The lowest BCUT2D eigenvalue weighted by Crippen LogP contribution is -2.42. The Morgan fingerprint density at radius 1 is 1.32 bits per heavy atom. The third-order valence-electron chi connectivity index (χ3n) is 3.57. The number of alkyl halides is 3. The Bertz CT molecular complexity index is 269. The van der Waals surface area contributed by atoms with E-state index in [-0.39, 0.29) is 18.5 Å². The van der Waals surface area contributed by atoms with Crippen molar-refractivity contribution in [2.75, 3.05) is 46.4 Å². The molecule has 1 N–H and O–H groups in total. The lowest BCUT2D eigenvalue weighted by molar-refractivity contribution is -0.176. The maximum Gasteiger partial charge on any atom is 0.394 e. The first-order valence-electron chi connectivity index (χ1n) is 6.73. The van der Waals surface area contributed by atoms with Crippen LogP contribution in [0.2, 0.25) is 0 Å². The fraction of sp³-hybridized carbons (Fsp3) is 1.00. The second-order valence-corrected chi connectivity index (χ2v) is 6.08. The van der Waals surface area contributed by atoms with E-state index in [1.54, 1.807) is 7.11 Å². The van der Waals surface area contributed by atoms with Crippen molar-refractivity contribution in [3.05, 3.63) is 0 Å². The Kier molecular flexibility index (Phi) is 6.08. The van der Waals surface area contributed by atoms with Crippen LogP contribution in [0.4, 0.5) is 13.2 Å². The fourth-order valence-electron chi connectivity index (χ4n) is 2.41. The first-order chi connectivity index (χ1) is 8.74. The van der Waals surface area contributed by atoms with E-state index in [1.807, 2.05) is 4.90 Å². The summed E-state index contributed by atoms with van der Waals surface area (Å²) in [5.74, 6) is -1.27. The van der Waals surface area contributed by atoms with E-state index in [0.717, 1.165) is 6.42 Å². The van der Waals surface area contributed by atoms with Crippen molar-refractivity contribution in [3.63, 3.8) is 0 Å². The van der Waals surface area contributed by atoms with Crippen LogP contribution >= 0.6 is 0 Å². The minimum atomic E-state index is -4.12. The van der Waals surface area contributed by atoms with E-state index >= 15 is 0 Å². The van der Waals surface area contributed by atoms with E-state index in [9.17, 15) is 13.2 Å². The predicted octanol–water partition coefficient (Wildman–Crippen LogP) is 2.13. The molecule has 1 aliphatic rings. The number of hydrogen-bond donors (Lipinski definition) is 1. The Morgan fingerprint density at radius 3 is 2.58 bits per heavy atom. The summed E-state index contributed by atoms with van der Waals surface area (Å²) in [5.41, 5.74) is -0.0313. The largest absolute Gasteiger partial charge is 0.394 e. The molecule has 1 unspecified atom stereocenters. The highest BCUT2D eigenvalue weighted by molar-refractivity contribution is 4.82. The van der Waals surface area contributed by atoms with Crippen LogP contribution < -0.4 is 5.32 Å². The van der Waals surface area contributed by atoms with Gasteiger partial charge in [-0.15, -0.1) is 0 Å². The topological polar surface area (TPSA) is 24.5 Å². The predicted molar refractivity (Wildman–Crippen MR) is 69.1 cm³/mol. The third kappa shape index (κ3) is 6.10. The molecule has 1 saturated heterocycles. The molecule has 1 fully saturated rings. The molecule has 0 aliphatic carbocycles. The monoisotopic (exact) mass is 282 g/mol. The molecule has 3 nitrogen and oxygen atoms in total. The smallest absolute Gasteiger partial charge is 0.385 e. The van der Waals surface area contributed by atoms with Gasteiger partial charge in [0.05, 0.1) is 5.92 Å². The minimum Gasteiger partial charge on any atom is -0.385 e. The number of nitrogens with zero attached hydrogens (tertiary/aromatic N) is 1. The molecule has 0 radical (unpaired) electrons. The highest BCUT2D eigenvalue weighted by Crippen LogP contribution is 2.29. The molecule has 0 amide bonds. The minimum absolute atomic E-state index is 0.0263. The van der Waals surface area contributed by atoms with Crippen molar-refractivity contribution < 1.29 is 17.9 Å². The summed E-state index contributed by atoms with van der Waals surface area (Å²) in [6, 6.07) is 0. The second kappa shape index (κ2) is 6.90. The normalized spacial score (nSPS) is 23.4. The van der Waals surface area contributed by atoms with Gasteiger partial charge >= 0.3 is 6.18 Å². The van der Waals surface area contributed by atoms with E-state index in [1.165, 1.54) is 0 Å². The fourth-order valence-corrected chi connectivity index (χ4v) is 2.41. The van der Waals surface area contributed by atoms with Crippen molar-refractivity contribution in [3.8, 4) is 0 Å².